The van der Waals surface area contributed by atoms with Crippen molar-refractivity contribution >= 4 is 10.9 Å². The van der Waals surface area contributed by atoms with Gasteiger partial charge in [0.1, 0.15) is 12.4 Å². The van der Waals surface area contributed by atoms with Gasteiger partial charge in [-0.15, -0.1) is 0 Å². The van der Waals surface area contributed by atoms with Gasteiger partial charge in [-0.05, 0) is 63.4 Å². The molecule has 0 aliphatic carbocycles. The lowest BCUT2D eigenvalue weighted by atomic mass is 10.1. The SMILES string of the molecule is CC(C)N(CCc1c[nH]c2ccc(OCc3ccccc3)cc12)C(C)C. The maximum atomic E-state index is 6.00. The second kappa shape index (κ2) is 8.41. The van der Waals surface area contributed by atoms with E-state index in [1.165, 1.54) is 22.0 Å². The Morgan fingerprint density at radius 3 is 2.38 bits per heavy atom. The molecule has 138 valence electrons. The molecule has 1 heterocycles. The minimum Gasteiger partial charge on any atom is -0.489 e. The maximum absolute atomic E-state index is 6.00. The molecular formula is C23H30N2O. The van der Waals surface area contributed by atoms with Crippen LogP contribution in [0.25, 0.3) is 10.9 Å². The second-order valence-corrected chi connectivity index (χ2v) is 7.47. The fourth-order valence-corrected chi connectivity index (χ4v) is 3.56. The van der Waals surface area contributed by atoms with Crippen molar-refractivity contribution in [2.24, 2.45) is 0 Å². The van der Waals surface area contributed by atoms with Crippen molar-refractivity contribution in [3.05, 3.63) is 65.9 Å². The average Bonchev–Trinajstić information content (AvgIpc) is 3.03. The van der Waals surface area contributed by atoms with Gasteiger partial charge in [0, 0.05) is 35.7 Å². The summed E-state index contributed by atoms with van der Waals surface area (Å²) in [7, 11) is 0. The highest BCUT2D eigenvalue weighted by Gasteiger charge is 2.14. The highest BCUT2D eigenvalue weighted by atomic mass is 16.5. The Labute approximate surface area is 157 Å². The monoisotopic (exact) mass is 350 g/mol. The van der Waals surface area contributed by atoms with Crippen LogP contribution in [0.3, 0.4) is 0 Å². The molecule has 3 nitrogen and oxygen atoms in total. The molecule has 1 aromatic heterocycles. The van der Waals surface area contributed by atoms with Gasteiger partial charge in [0.2, 0.25) is 0 Å². The number of ether oxygens (including phenoxy) is 1. The van der Waals surface area contributed by atoms with E-state index in [9.17, 15) is 0 Å². The van der Waals surface area contributed by atoms with E-state index >= 15 is 0 Å². The number of aromatic amines is 1. The largest absolute Gasteiger partial charge is 0.489 e. The first-order valence-corrected chi connectivity index (χ1v) is 9.57. The Morgan fingerprint density at radius 1 is 0.962 bits per heavy atom. The molecule has 0 spiro atoms. The van der Waals surface area contributed by atoms with E-state index in [2.05, 4.69) is 68.0 Å². The molecule has 0 fully saturated rings. The molecule has 3 rings (SSSR count). The number of H-pyrrole nitrogens is 1. The molecule has 2 aromatic carbocycles. The van der Waals surface area contributed by atoms with Crippen molar-refractivity contribution in [3.8, 4) is 5.75 Å². The van der Waals surface area contributed by atoms with Gasteiger partial charge in [-0.2, -0.15) is 0 Å². The van der Waals surface area contributed by atoms with Crippen molar-refractivity contribution in [2.75, 3.05) is 6.54 Å². The van der Waals surface area contributed by atoms with E-state index in [-0.39, 0.29) is 0 Å². The smallest absolute Gasteiger partial charge is 0.120 e. The summed E-state index contributed by atoms with van der Waals surface area (Å²) in [5.41, 5.74) is 3.72. The molecule has 0 radical (unpaired) electrons. The Hall–Kier alpha value is -2.26. The summed E-state index contributed by atoms with van der Waals surface area (Å²) in [6.07, 6.45) is 3.18. The molecule has 1 N–H and O–H groups in total. The first-order chi connectivity index (χ1) is 12.5. The Morgan fingerprint density at radius 2 is 1.69 bits per heavy atom. The lowest BCUT2D eigenvalue weighted by molar-refractivity contribution is 0.177. The predicted octanol–water partition coefficient (Wildman–Crippen LogP) is 5.41. The summed E-state index contributed by atoms with van der Waals surface area (Å²) in [6.45, 7) is 10.7. The number of aromatic nitrogens is 1. The molecule has 0 aliphatic heterocycles. The Balaban J connectivity index is 1.71. The van der Waals surface area contributed by atoms with E-state index in [1.807, 2.05) is 24.3 Å². The number of nitrogens with one attached hydrogen (secondary N) is 1. The number of nitrogens with zero attached hydrogens (tertiary/aromatic N) is 1. The third-order valence-electron chi connectivity index (χ3n) is 4.95. The van der Waals surface area contributed by atoms with Crippen LogP contribution in [0.1, 0.15) is 38.8 Å². The summed E-state index contributed by atoms with van der Waals surface area (Å²) < 4.78 is 6.00. The van der Waals surface area contributed by atoms with E-state index in [1.54, 1.807) is 0 Å². The third kappa shape index (κ3) is 4.47. The molecule has 0 saturated carbocycles. The fraction of sp³-hybridized carbons (Fsp3) is 0.391. The van der Waals surface area contributed by atoms with E-state index in [4.69, 9.17) is 4.74 Å². The zero-order valence-electron chi connectivity index (χ0n) is 16.3. The van der Waals surface area contributed by atoms with E-state index in [0.29, 0.717) is 18.7 Å². The molecular weight excluding hydrogens is 320 g/mol. The van der Waals surface area contributed by atoms with Gasteiger partial charge in [0.15, 0.2) is 0 Å². The van der Waals surface area contributed by atoms with Crippen molar-refractivity contribution in [2.45, 2.75) is 52.8 Å². The lowest BCUT2D eigenvalue weighted by Crippen LogP contribution is -2.38. The van der Waals surface area contributed by atoms with Gasteiger partial charge >= 0.3 is 0 Å². The molecule has 0 unspecified atom stereocenters. The number of hydrogen-bond donors (Lipinski definition) is 1. The van der Waals surface area contributed by atoms with Gasteiger partial charge < -0.3 is 9.72 Å². The average molecular weight is 351 g/mol. The van der Waals surface area contributed by atoms with Gasteiger partial charge in [-0.1, -0.05) is 30.3 Å². The molecule has 0 amide bonds. The predicted molar refractivity (Wildman–Crippen MR) is 110 cm³/mol. The van der Waals surface area contributed by atoms with Crippen molar-refractivity contribution in [1.82, 2.24) is 9.88 Å². The summed E-state index contributed by atoms with van der Waals surface area (Å²) >= 11 is 0. The molecule has 3 aromatic rings. The van der Waals surface area contributed by atoms with Gasteiger partial charge in [-0.3, -0.25) is 4.90 Å². The summed E-state index contributed by atoms with van der Waals surface area (Å²) in [4.78, 5) is 5.93. The zero-order chi connectivity index (χ0) is 18.5. The Kier molecular flexibility index (Phi) is 6.00. The highest BCUT2D eigenvalue weighted by Crippen LogP contribution is 2.25. The van der Waals surface area contributed by atoms with Crippen LogP contribution in [0.5, 0.6) is 5.75 Å². The number of rotatable bonds is 8. The van der Waals surface area contributed by atoms with Crippen LogP contribution in [0, 0.1) is 0 Å². The fourth-order valence-electron chi connectivity index (χ4n) is 3.56. The highest BCUT2D eigenvalue weighted by molar-refractivity contribution is 5.84. The Bertz CT molecular complexity index is 813. The number of hydrogen-bond acceptors (Lipinski definition) is 2. The normalized spacial score (nSPS) is 11.8. The second-order valence-electron chi connectivity index (χ2n) is 7.47. The molecule has 0 atom stereocenters. The third-order valence-corrected chi connectivity index (χ3v) is 4.95. The van der Waals surface area contributed by atoms with Crippen LogP contribution in [0.4, 0.5) is 0 Å². The first-order valence-electron chi connectivity index (χ1n) is 9.57. The number of benzene rings is 2. The van der Waals surface area contributed by atoms with E-state index in [0.717, 1.165) is 18.7 Å². The minimum absolute atomic E-state index is 0.560. The van der Waals surface area contributed by atoms with Crippen molar-refractivity contribution in [1.29, 1.82) is 0 Å². The quantitative estimate of drug-likeness (QED) is 0.588. The molecule has 0 bridgehead atoms. The molecule has 26 heavy (non-hydrogen) atoms. The number of fused-ring (bicyclic) bond motifs is 1. The van der Waals surface area contributed by atoms with Crippen LogP contribution >= 0.6 is 0 Å². The zero-order valence-corrected chi connectivity index (χ0v) is 16.3. The standard InChI is InChI=1S/C23H30N2O/c1-17(2)25(18(3)4)13-12-20-15-24-23-11-10-21(14-22(20)23)26-16-19-8-6-5-7-9-19/h5-11,14-15,17-18,24H,12-13,16H2,1-4H3. The van der Waals surface area contributed by atoms with Gasteiger partial charge in [-0.25, -0.2) is 0 Å². The van der Waals surface area contributed by atoms with Gasteiger partial charge in [0.05, 0.1) is 0 Å². The van der Waals surface area contributed by atoms with Crippen LogP contribution in [0.15, 0.2) is 54.7 Å². The van der Waals surface area contributed by atoms with Gasteiger partial charge in [0.25, 0.3) is 0 Å². The van der Waals surface area contributed by atoms with Crippen molar-refractivity contribution in [3.63, 3.8) is 0 Å². The molecule has 0 aliphatic rings. The lowest BCUT2D eigenvalue weighted by Gasteiger charge is -2.30. The van der Waals surface area contributed by atoms with Crippen LogP contribution in [-0.2, 0) is 13.0 Å². The maximum Gasteiger partial charge on any atom is 0.120 e. The minimum atomic E-state index is 0.560. The van der Waals surface area contributed by atoms with Crippen LogP contribution in [-0.4, -0.2) is 28.5 Å². The summed E-state index contributed by atoms with van der Waals surface area (Å²) in [6, 6.07) is 17.7. The molecule has 0 saturated heterocycles. The van der Waals surface area contributed by atoms with Crippen LogP contribution < -0.4 is 4.74 Å². The van der Waals surface area contributed by atoms with Crippen molar-refractivity contribution < 1.29 is 4.74 Å². The topological polar surface area (TPSA) is 28.3 Å². The molecule has 3 heteroatoms. The first kappa shape index (κ1) is 18.5. The summed E-state index contributed by atoms with van der Waals surface area (Å²) in [5, 5.41) is 1.27. The van der Waals surface area contributed by atoms with E-state index < -0.39 is 0 Å². The summed E-state index contributed by atoms with van der Waals surface area (Å²) in [5.74, 6) is 0.923. The van der Waals surface area contributed by atoms with Crippen LogP contribution in [0.2, 0.25) is 0 Å².